The van der Waals surface area contributed by atoms with Crippen molar-refractivity contribution in [1.82, 2.24) is 5.32 Å². The van der Waals surface area contributed by atoms with Crippen LogP contribution in [0.4, 0.5) is 0 Å². The van der Waals surface area contributed by atoms with Gasteiger partial charge in [-0.2, -0.15) is 0 Å². The Hall–Kier alpha value is -1.73. The summed E-state index contributed by atoms with van der Waals surface area (Å²) in [5.41, 5.74) is 0. The van der Waals surface area contributed by atoms with Crippen molar-refractivity contribution in [2.24, 2.45) is 0 Å². The van der Waals surface area contributed by atoms with Gasteiger partial charge >= 0.3 is 0 Å². The molecule has 12 N–H and O–H groups in total. The minimum atomic E-state index is -1.98. The smallest absolute Gasteiger partial charge is 0.220 e. The van der Waals surface area contributed by atoms with Crippen molar-refractivity contribution in [3.63, 3.8) is 0 Å². The zero-order valence-electron chi connectivity index (χ0n) is 71.7. The van der Waals surface area contributed by atoms with Crippen LogP contribution in [0.5, 0.6) is 0 Å². The third-order valence-corrected chi connectivity index (χ3v) is 24.0. The zero-order chi connectivity index (χ0) is 81.0. The number of carbonyl (C=O) groups is 1. The lowest BCUT2D eigenvalue weighted by Crippen LogP contribution is -2.66. The van der Waals surface area contributed by atoms with Gasteiger partial charge in [-0.05, 0) is 44.9 Å². The number of aliphatic hydroxyl groups is 11. The summed E-state index contributed by atoms with van der Waals surface area (Å²) < 4.78 is 34.6. The van der Waals surface area contributed by atoms with E-state index >= 15 is 0 Å². The number of hydrogen-bond donors (Lipinski definition) is 12. The summed E-state index contributed by atoms with van der Waals surface area (Å²) in [5.74, 6) is -0.265. The first-order chi connectivity index (χ1) is 54.8. The molecule has 0 aromatic heterocycles. The highest BCUT2D eigenvalue weighted by molar-refractivity contribution is 5.76. The van der Waals surface area contributed by atoms with Crippen molar-refractivity contribution < 1.29 is 89.4 Å². The second kappa shape index (κ2) is 73.2. The summed E-state index contributed by atoms with van der Waals surface area (Å²) in [4.78, 5) is 13.5. The van der Waals surface area contributed by atoms with Gasteiger partial charge in [-0.1, -0.05) is 404 Å². The third-order valence-electron chi connectivity index (χ3n) is 24.0. The molecule has 3 aliphatic heterocycles. The molecule has 19 heteroatoms. The number of amides is 1. The van der Waals surface area contributed by atoms with Crippen molar-refractivity contribution in [1.29, 1.82) is 0 Å². The van der Waals surface area contributed by atoms with Crippen LogP contribution < -0.4 is 5.32 Å². The van der Waals surface area contributed by atoms with Gasteiger partial charge in [0.05, 0.1) is 38.6 Å². The highest BCUT2D eigenvalue weighted by atomic mass is 16.8. The molecule has 112 heavy (non-hydrogen) atoms. The molecule has 0 aromatic rings. The predicted molar refractivity (Wildman–Crippen MR) is 453 cm³/mol. The maximum absolute atomic E-state index is 13.5. The first kappa shape index (κ1) is 104. The van der Waals surface area contributed by atoms with Crippen LogP contribution in [0, 0.1) is 0 Å². The van der Waals surface area contributed by atoms with E-state index in [9.17, 15) is 61.0 Å². The number of ether oxygens (including phenoxy) is 6. The summed E-state index contributed by atoms with van der Waals surface area (Å²) in [7, 11) is 0. The number of aliphatic hydroxyl groups excluding tert-OH is 11. The third kappa shape index (κ3) is 51.0. The van der Waals surface area contributed by atoms with Gasteiger partial charge in [0.25, 0.3) is 0 Å². The lowest BCUT2D eigenvalue weighted by molar-refractivity contribution is -0.379. The lowest BCUT2D eigenvalue weighted by Gasteiger charge is -2.48. The maximum Gasteiger partial charge on any atom is 0.220 e. The van der Waals surface area contributed by atoms with Crippen LogP contribution in [0.2, 0.25) is 0 Å². The molecule has 1 amide bonds. The Labute approximate surface area is 683 Å². The van der Waals surface area contributed by atoms with E-state index in [1.165, 1.54) is 360 Å². The number of nitrogens with one attached hydrogen (secondary N) is 1. The molecule has 0 bridgehead atoms. The lowest BCUT2D eigenvalue weighted by atomic mass is 9.96. The molecule has 17 atom stereocenters. The second-order valence-corrected chi connectivity index (χ2v) is 34.2. The summed E-state index contributed by atoms with van der Waals surface area (Å²) in [6, 6.07) is -0.972. The second-order valence-electron chi connectivity index (χ2n) is 34.2. The topological polar surface area (TPSA) is 307 Å². The first-order valence-electron chi connectivity index (χ1n) is 47.6. The molecule has 662 valence electrons. The molecule has 0 aliphatic carbocycles. The SMILES string of the molecule is CCCCCCCCCC/C=C\CCCCCCCCCCCCCCCCCCCCCCCCCCCCCC(=O)NC(COC1OC(CO)C(OC2OC(CO)C(OC3OC(CO)C(O)C(O)C3O)C(O)C2O)C(O)C1O)C(O)/C=C/CCCCCCCCCCCCCCCCCCCCCCCCCCCC. The van der Waals surface area contributed by atoms with Gasteiger partial charge in [0.2, 0.25) is 5.91 Å². The Bertz CT molecular complexity index is 2110. The summed E-state index contributed by atoms with van der Waals surface area (Å²) in [6.07, 6.45) is 66.4. The Kier molecular flexibility index (Phi) is 68.3. The highest BCUT2D eigenvalue weighted by Gasteiger charge is 2.54. The van der Waals surface area contributed by atoms with E-state index in [2.05, 4.69) is 31.3 Å². The van der Waals surface area contributed by atoms with Gasteiger partial charge < -0.3 is 89.9 Å². The minimum absolute atomic E-state index is 0.250. The number of unbranched alkanes of at least 4 members (excludes halogenated alkanes) is 61. The highest BCUT2D eigenvalue weighted by Crippen LogP contribution is 2.34. The Morgan fingerprint density at radius 1 is 0.312 bits per heavy atom. The van der Waals surface area contributed by atoms with Gasteiger partial charge in [0.15, 0.2) is 18.9 Å². The number of rotatable bonds is 79. The molecule has 0 saturated carbocycles. The fourth-order valence-electron chi connectivity index (χ4n) is 16.4. The molecule has 3 fully saturated rings. The molecule has 3 heterocycles. The average Bonchev–Trinajstić information content (AvgIpc) is 0.780. The largest absolute Gasteiger partial charge is 0.394 e. The zero-order valence-corrected chi connectivity index (χ0v) is 71.7. The number of allylic oxidation sites excluding steroid dienone is 3. The minimum Gasteiger partial charge on any atom is -0.394 e. The van der Waals surface area contributed by atoms with E-state index in [4.69, 9.17) is 28.4 Å². The van der Waals surface area contributed by atoms with Crippen molar-refractivity contribution in [3.05, 3.63) is 24.3 Å². The molecule has 3 saturated heterocycles. The summed E-state index contributed by atoms with van der Waals surface area (Å²) in [6.45, 7) is 1.82. The molecular formula is C93H177NO18. The van der Waals surface area contributed by atoms with E-state index in [0.717, 1.165) is 44.9 Å². The van der Waals surface area contributed by atoms with Crippen LogP contribution in [0.1, 0.15) is 431 Å². The summed E-state index contributed by atoms with van der Waals surface area (Å²) >= 11 is 0. The van der Waals surface area contributed by atoms with Crippen molar-refractivity contribution >= 4 is 5.91 Å². The molecule has 0 spiro atoms. The fraction of sp³-hybridized carbons (Fsp3) is 0.946. The Morgan fingerprint density at radius 2 is 0.562 bits per heavy atom. The van der Waals surface area contributed by atoms with Gasteiger partial charge in [-0.25, -0.2) is 0 Å². The quantitative estimate of drug-likeness (QED) is 0.0199. The van der Waals surface area contributed by atoms with E-state index < -0.39 is 124 Å². The van der Waals surface area contributed by atoms with E-state index in [0.29, 0.717) is 6.42 Å². The standard InChI is InChI=1S/C93H177NO18/c1-3-5-7-9-11-13-15-17-19-21-23-25-27-29-31-33-34-35-36-37-38-39-40-41-42-43-45-47-49-51-53-55-57-59-61-63-65-67-69-71-81(99)94-76(77(98)70-68-66-64-62-60-58-56-54-52-50-48-46-44-32-30-28-26-24-22-20-18-16-14-12-10-8-6-4-2)75-107-91-87(105)84(102)89(79(73-96)109-91)112-93-88(106)85(103)90(80(74-97)110-93)111-92-86(104)83(101)82(100)78(72-95)108-92/h21,23,68,70,76-80,82-93,95-98,100-106H,3-20,22,24-67,69,71-75H2,1-2H3,(H,94,99)/b23-21-,70-68+. The Morgan fingerprint density at radius 3 is 0.866 bits per heavy atom. The number of hydrogen-bond acceptors (Lipinski definition) is 18. The van der Waals surface area contributed by atoms with Crippen molar-refractivity contribution in [2.75, 3.05) is 26.4 Å². The molecular weight excluding hydrogens is 1420 g/mol. The fourth-order valence-corrected chi connectivity index (χ4v) is 16.4. The number of carbonyl (C=O) groups excluding carboxylic acids is 1. The monoisotopic (exact) mass is 1600 g/mol. The van der Waals surface area contributed by atoms with Crippen molar-refractivity contribution in [3.8, 4) is 0 Å². The molecule has 19 nitrogen and oxygen atoms in total. The van der Waals surface area contributed by atoms with Gasteiger partial charge in [-0.3, -0.25) is 4.79 Å². The average molecular weight is 1600 g/mol. The normalized spacial score (nSPS) is 25.0. The van der Waals surface area contributed by atoms with Crippen LogP contribution in [0.3, 0.4) is 0 Å². The first-order valence-corrected chi connectivity index (χ1v) is 47.6. The van der Waals surface area contributed by atoms with Gasteiger partial charge in [0, 0.05) is 6.42 Å². The molecule has 0 aromatic carbocycles. The van der Waals surface area contributed by atoms with Crippen LogP contribution in [0.15, 0.2) is 24.3 Å². The van der Waals surface area contributed by atoms with Gasteiger partial charge in [0.1, 0.15) is 73.2 Å². The predicted octanol–water partition coefficient (Wildman–Crippen LogP) is 18.8. The van der Waals surface area contributed by atoms with E-state index in [1.807, 2.05) is 6.08 Å². The van der Waals surface area contributed by atoms with Crippen LogP contribution in [-0.2, 0) is 33.2 Å². The van der Waals surface area contributed by atoms with E-state index in [-0.39, 0.29) is 18.9 Å². The van der Waals surface area contributed by atoms with Crippen LogP contribution in [0.25, 0.3) is 0 Å². The van der Waals surface area contributed by atoms with Gasteiger partial charge in [-0.15, -0.1) is 0 Å². The molecule has 3 aliphatic rings. The Balaban J connectivity index is 1.29. The van der Waals surface area contributed by atoms with E-state index in [1.54, 1.807) is 6.08 Å². The molecule has 3 rings (SSSR count). The summed E-state index contributed by atoms with van der Waals surface area (Å²) in [5, 5.41) is 121. The maximum atomic E-state index is 13.5. The van der Waals surface area contributed by atoms with Crippen LogP contribution >= 0.6 is 0 Å². The van der Waals surface area contributed by atoms with Crippen LogP contribution in [-0.4, -0.2) is 193 Å². The molecule has 0 radical (unpaired) electrons. The molecule has 17 unspecified atom stereocenters. The van der Waals surface area contributed by atoms with Crippen molar-refractivity contribution in [2.45, 2.75) is 535 Å².